The van der Waals surface area contributed by atoms with Crippen LogP contribution < -0.4 is 9.46 Å². The van der Waals surface area contributed by atoms with Gasteiger partial charge >= 0.3 is 5.97 Å². The van der Waals surface area contributed by atoms with Gasteiger partial charge in [0.15, 0.2) is 0 Å². The van der Waals surface area contributed by atoms with Crippen LogP contribution >= 0.6 is 11.3 Å². The van der Waals surface area contributed by atoms with Gasteiger partial charge in [0, 0.05) is 6.04 Å². The van der Waals surface area contributed by atoms with E-state index in [9.17, 15) is 13.2 Å². The third kappa shape index (κ3) is 16.9. The second kappa shape index (κ2) is 22.3. The number of ether oxygens (including phenoxy) is 2. The zero-order valence-corrected chi connectivity index (χ0v) is 26.8. The van der Waals surface area contributed by atoms with Gasteiger partial charge in [0.25, 0.3) is 10.0 Å². The number of furan rings is 1. The van der Waals surface area contributed by atoms with E-state index >= 15 is 0 Å². The van der Waals surface area contributed by atoms with Crippen molar-refractivity contribution in [2.24, 2.45) is 5.92 Å². The summed E-state index contributed by atoms with van der Waals surface area (Å²) in [5, 5.41) is 1.99. The Balaban J connectivity index is -0.000000290. The number of fused-ring (bicyclic) bond motifs is 1. The molecule has 3 aromatic heterocycles. The number of thiophene rings is 1. The number of hydrogen-bond donors (Lipinski definition) is 1. The number of hydrogen-bond acceptors (Lipinski definition) is 9. The Morgan fingerprint density at radius 2 is 1.41 bits per heavy atom. The van der Waals surface area contributed by atoms with Crippen molar-refractivity contribution in [3.8, 4) is 16.5 Å². The van der Waals surface area contributed by atoms with E-state index in [2.05, 4.69) is 9.71 Å². The SMILES string of the molecule is C.C.C.C.C.CC(C)C(=O)OC(C)(C)C.CC(C)NS(=O)(=O)c1ccco1.CC(C)Oc1nc2ccccc2nc1-c1cccs1. The number of carbonyl (C=O) groups excluding carboxylic acids is 1. The van der Waals surface area contributed by atoms with Crippen LogP contribution in [0.4, 0.5) is 0 Å². The highest BCUT2D eigenvalue weighted by atomic mass is 32.2. The van der Waals surface area contributed by atoms with E-state index in [-0.39, 0.29) is 71.9 Å². The van der Waals surface area contributed by atoms with Crippen LogP contribution in [0, 0.1) is 5.92 Å². The third-order valence-electron chi connectivity index (χ3n) is 4.67. The number of nitrogens with zero attached hydrogens (tertiary/aromatic N) is 2. The number of nitrogens with one attached hydrogen (secondary N) is 1. The van der Waals surface area contributed by atoms with Crippen molar-refractivity contribution in [1.82, 2.24) is 14.7 Å². The zero-order chi connectivity index (χ0) is 30.8. The van der Waals surface area contributed by atoms with Gasteiger partial charge in [-0.1, -0.05) is 69.2 Å². The van der Waals surface area contributed by atoms with Gasteiger partial charge in [0.2, 0.25) is 11.0 Å². The lowest BCUT2D eigenvalue weighted by atomic mass is 10.1. The van der Waals surface area contributed by atoms with Gasteiger partial charge in [-0.05, 0) is 84.2 Å². The number of rotatable bonds is 7. The predicted octanol–water partition coefficient (Wildman–Crippen LogP) is 10.3. The quantitative estimate of drug-likeness (QED) is 0.191. The van der Waals surface area contributed by atoms with Crippen molar-refractivity contribution in [3.63, 3.8) is 0 Å². The number of aromatic nitrogens is 2. The van der Waals surface area contributed by atoms with Gasteiger partial charge in [-0.15, -0.1) is 11.3 Å². The molecular weight excluding hydrogens is 623 g/mol. The summed E-state index contributed by atoms with van der Waals surface area (Å²) in [6.45, 7) is 16.8. The van der Waals surface area contributed by atoms with Crippen LogP contribution in [0.15, 0.2) is 69.7 Å². The fourth-order valence-electron chi connectivity index (χ4n) is 3.07. The van der Waals surface area contributed by atoms with Crippen LogP contribution in [0.1, 0.15) is 99.4 Å². The van der Waals surface area contributed by atoms with Crippen LogP contribution in [0.25, 0.3) is 21.6 Å². The lowest BCUT2D eigenvalue weighted by Crippen LogP contribution is -2.29. The van der Waals surface area contributed by atoms with Gasteiger partial charge in [-0.3, -0.25) is 4.79 Å². The first-order valence-electron chi connectivity index (χ1n) is 13.3. The van der Waals surface area contributed by atoms with Crippen molar-refractivity contribution in [2.75, 3.05) is 0 Å². The Hall–Kier alpha value is -3.28. The largest absolute Gasteiger partial charge is 0.473 e. The Bertz CT molecular complexity index is 1460. The summed E-state index contributed by atoms with van der Waals surface area (Å²) in [5.74, 6) is 0.447. The lowest BCUT2D eigenvalue weighted by molar-refractivity contribution is -0.158. The molecule has 3 heterocycles. The molecule has 4 rings (SSSR count). The van der Waals surface area contributed by atoms with Gasteiger partial charge < -0.3 is 13.9 Å². The summed E-state index contributed by atoms with van der Waals surface area (Å²) in [4.78, 5) is 21.3. The maximum absolute atomic E-state index is 11.3. The van der Waals surface area contributed by atoms with E-state index < -0.39 is 10.0 Å². The number of esters is 1. The average molecular weight is 684 g/mol. The minimum Gasteiger partial charge on any atom is -0.473 e. The van der Waals surface area contributed by atoms with Gasteiger partial charge in [-0.25, -0.2) is 23.1 Å². The normalized spacial score (nSPS) is 10.3. The molecule has 0 saturated heterocycles. The van der Waals surface area contributed by atoms with Gasteiger partial charge in [0.05, 0.1) is 34.2 Å². The molecule has 4 aromatic rings. The first-order valence-corrected chi connectivity index (χ1v) is 15.7. The summed E-state index contributed by atoms with van der Waals surface area (Å²) < 4.78 is 40.6. The molecule has 0 atom stereocenters. The fraction of sp³-hybridized carbons (Fsp3) is 0.514. The highest BCUT2D eigenvalue weighted by Crippen LogP contribution is 2.32. The van der Waals surface area contributed by atoms with Gasteiger partial charge in [-0.2, -0.15) is 0 Å². The van der Waals surface area contributed by atoms with Crippen LogP contribution in [0.3, 0.4) is 0 Å². The fourth-order valence-corrected chi connectivity index (χ4v) is 4.95. The maximum Gasteiger partial charge on any atom is 0.308 e. The molecule has 11 heteroatoms. The van der Waals surface area contributed by atoms with Crippen LogP contribution in [0.2, 0.25) is 0 Å². The molecule has 264 valence electrons. The summed E-state index contributed by atoms with van der Waals surface area (Å²) in [5.41, 5.74) is 2.23. The molecule has 46 heavy (non-hydrogen) atoms. The molecule has 0 aliphatic heterocycles. The lowest BCUT2D eigenvalue weighted by Gasteiger charge is -2.20. The summed E-state index contributed by atoms with van der Waals surface area (Å²) >= 11 is 1.64. The van der Waals surface area contributed by atoms with Crippen molar-refractivity contribution in [2.45, 2.75) is 122 Å². The first-order chi connectivity index (χ1) is 19.1. The molecule has 0 unspecified atom stereocenters. The average Bonchev–Trinajstić information content (AvgIpc) is 3.57. The topological polar surface area (TPSA) is 121 Å². The monoisotopic (exact) mass is 683 g/mol. The van der Waals surface area contributed by atoms with Crippen molar-refractivity contribution in [3.05, 3.63) is 60.2 Å². The highest BCUT2D eigenvalue weighted by Gasteiger charge is 2.19. The van der Waals surface area contributed by atoms with E-state index in [1.807, 2.05) is 90.2 Å². The van der Waals surface area contributed by atoms with Crippen molar-refractivity contribution < 1.29 is 27.1 Å². The number of para-hydroxylation sites is 2. The molecule has 1 N–H and O–H groups in total. The van der Waals surface area contributed by atoms with E-state index in [1.54, 1.807) is 25.2 Å². The highest BCUT2D eigenvalue weighted by molar-refractivity contribution is 7.89. The number of sulfonamides is 1. The van der Waals surface area contributed by atoms with Crippen LogP contribution in [0.5, 0.6) is 5.88 Å². The second-order valence-electron chi connectivity index (χ2n) is 10.9. The molecule has 0 radical (unpaired) electrons. The minimum absolute atomic E-state index is 0. The summed E-state index contributed by atoms with van der Waals surface area (Å²) in [7, 11) is -3.43. The van der Waals surface area contributed by atoms with Crippen LogP contribution in [-0.4, -0.2) is 42.1 Å². The Kier molecular flexibility index (Phi) is 24.0. The van der Waals surface area contributed by atoms with E-state index in [4.69, 9.17) is 18.9 Å². The summed E-state index contributed by atoms with van der Waals surface area (Å²) in [6, 6.07) is 14.7. The summed E-state index contributed by atoms with van der Waals surface area (Å²) in [6.07, 6.45) is 1.41. The Morgan fingerprint density at radius 3 is 1.80 bits per heavy atom. The van der Waals surface area contributed by atoms with Crippen molar-refractivity contribution in [1.29, 1.82) is 0 Å². The van der Waals surface area contributed by atoms with E-state index in [1.165, 1.54) is 18.4 Å². The number of benzene rings is 1. The Labute approximate surface area is 284 Å². The second-order valence-corrected chi connectivity index (χ2v) is 13.5. The standard InChI is InChI=1S/C15H14N2OS.C8H16O2.C7H11NO3S.5CH4/c1-10(2)18-15-14(13-8-5-9-19-13)16-11-6-3-4-7-12(11)17-15;1-6(2)7(9)10-8(3,4)5;1-6(2)8-12(9,10)7-4-3-5-11-7;;;;;/h3-10H,1-2H3;6H,1-5H3;3-6,8H,1-2H3;5*1H4. The minimum atomic E-state index is -3.43. The molecule has 0 amide bonds. The third-order valence-corrected chi connectivity index (χ3v) is 7.09. The zero-order valence-electron chi connectivity index (χ0n) is 25.2. The van der Waals surface area contributed by atoms with E-state index in [0.717, 1.165) is 21.6 Å². The first kappa shape index (κ1) is 49.6. The molecule has 0 saturated carbocycles. The molecule has 1 aromatic carbocycles. The predicted molar refractivity (Wildman–Crippen MR) is 197 cm³/mol. The Morgan fingerprint density at radius 1 is 0.848 bits per heavy atom. The molecular formula is C35H61N3O6S2. The van der Waals surface area contributed by atoms with E-state index in [0.29, 0.717) is 5.88 Å². The number of carbonyl (C=O) groups is 1. The van der Waals surface area contributed by atoms with Crippen molar-refractivity contribution >= 4 is 38.4 Å². The molecule has 0 bridgehead atoms. The molecule has 9 nitrogen and oxygen atoms in total. The molecule has 0 fully saturated rings. The maximum atomic E-state index is 11.3. The molecule has 0 aliphatic rings. The molecule has 0 spiro atoms. The van der Waals surface area contributed by atoms with Gasteiger partial charge in [0.1, 0.15) is 11.3 Å². The molecule has 0 aliphatic carbocycles. The smallest absolute Gasteiger partial charge is 0.308 e. The van der Waals surface area contributed by atoms with Crippen LogP contribution in [-0.2, 0) is 19.6 Å².